The van der Waals surface area contributed by atoms with Crippen molar-refractivity contribution in [3.63, 3.8) is 0 Å². The van der Waals surface area contributed by atoms with Gasteiger partial charge in [-0.2, -0.15) is 0 Å². The second kappa shape index (κ2) is 6.33. The molecule has 0 aliphatic carbocycles. The molecule has 17 heavy (non-hydrogen) atoms. The van der Waals surface area contributed by atoms with Crippen molar-refractivity contribution in [3.05, 3.63) is 0 Å². The molecule has 0 aromatic rings. The van der Waals surface area contributed by atoms with Crippen LogP contribution in [-0.4, -0.2) is 55.7 Å². The van der Waals surface area contributed by atoms with Crippen LogP contribution >= 0.6 is 0 Å². The summed E-state index contributed by atoms with van der Waals surface area (Å²) in [6, 6.07) is 0.382. The second-order valence-electron chi connectivity index (χ2n) is 4.96. The first kappa shape index (κ1) is 12.8. The zero-order valence-corrected chi connectivity index (χ0v) is 10.4. The van der Waals surface area contributed by atoms with Gasteiger partial charge in [0.2, 0.25) is 5.91 Å². The van der Waals surface area contributed by atoms with Gasteiger partial charge in [0, 0.05) is 19.1 Å². The molecule has 0 saturated carbocycles. The summed E-state index contributed by atoms with van der Waals surface area (Å²) in [5.74, 6) is -0.263. The number of morpholine rings is 1. The molecule has 2 fully saturated rings. The summed E-state index contributed by atoms with van der Waals surface area (Å²) >= 11 is 0. The molecule has 1 amide bonds. The SMILES string of the molecule is NC(=O)C1COCCN1CCC1CCCCN1. The number of nitrogens with zero attached hydrogens (tertiary/aromatic N) is 1. The van der Waals surface area contributed by atoms with E-state index in [0.29, 0.717) is 19.3 Å². The van der Waals surface area contributed by atoms with Gasteiger partial charge in [0.15, 0.2) is 0 Å². The fraction of sp³-hybridized carbons (Fsp3) is 0.917. The van der Waals surface area contributed by atoms with Crippen LogP contribution < -0.4 is 11.1 Å². The van der Waals surface area contributed by atoms with Crippen LogP contribution in [0.15, 0.2) is 0 Å². The highest BCUT2D eigenvalue weighted by Crippen LogP contribution is 2.13. The fourth-order valence-corrected chi connectivity index (χ4v) is 2.66. The summed E-state index contributed by atoms with van der Waals surface area (Å²) in [5.41, 5.74) is 5.39. The van der Waals surface area contributed by atoms with Crippen molar-refractivity contribution in [2.45, 2.75) is 37.8 Å². The van der Waals surface area contributed by atoms with Crippen LogP contribution in [0.5, 0.6) is 0 Å². The highest BCUT2D eigenvalue weighted by atomic mass is 16.5. The van der Waals surface area contributed by atoms with Crippen LogP contribution in [0.25, 0.3) is 0 Å². The van der Waals surface area contributed by atoms with E-state index in [1.54, 1.807) is 0 Å². The number of amides is 1. The van der Waals surface area contributed by atoms with Crippen molar-refractivity contribution in [1.29, 1.82) is 0 Å². The fourth-order valence-electron chi connectivity index (χ4n) is 2.66. The second-order valence-corrected chi connectivity index (χ2v) is 4.96. The van der Waals surface area contributed by atoms with Gasteiger partial charge in [0.1, 0.15) is 6.04 Å². The molecule has 0 radical (unpaired) electrons. The van der Waals surface area contributed by atoms with Gasteiger partial charge in [0.05, 0.1) is 13.2 Å². The van der Waals surface area contributed by atoms with Crippen LogP contribution in [0, 0.1) is 0 Å². The lowest BCUT2D eigenvalue weighted by Gasteiger charge is -2.35. The van der Waals surface area contributed by atoms with Gasteiger partial charge in [-0.15, -0.1) is 0 Å². The lowest BCUT2D eigenvalue weighted by atomic mass is 10.0. The molecule has 98 valence electrons. The number of piperidine rings is 1. The first-order valence-corrected chi connectivity index (χ1v) is 6.62. The number of hydrogen-bond acceptors (Lipinski definition) is 4. The molecular weight excluding hydrogens is 218 g/mol. The molecule has 2 saturated heterocycles. The van der Waals surface area contributed by atoms with Gasteiger partial charge < -0.3 is 15.8 Å². The molecule has 2 aliphatic rings. The number of rotatable bonds is 4. The molecule has 0 bridgehead atoms. The molecule has 0 aromatic heterocycles. The Kier molecular flexibility index (Phi) is 4.76. The number of primary amides is 1. The van der Waals surface area contributed by atoms with E-state index in [1.807, 2.05) is 0 Å². The van der Waals surface area contributed by atoms with Crippen molar-refractivity contribution in [1.82, 2.24) is 10.2 Å². The lowest BCUT2D eigenvalue weighted by Crippen LogP contribution is -2.53. The van der Waals surface area contributed by atoms with Crippen molar-refractivity contribution < 1.29 is 9.53 Å². The number of carbonyl (C=O) groups excluding carboxylic acids is 1. The van der Waals surface area contributed by atoms with E-state index in [4.69, 9.17) is 10.5 Å². The Bertz CT molecular complexity index is 254. The maximum Gasteiger partial charge on any atom is 0.237 e. The van der Waals surface area contributed by atoms with Crippen LogP contribution in [0.1, 0.15) is 25.7 Å². The minimum atomic E-state index is -0.263. The third-order valence-corrected chi connectivity index (χ3v) is 3.74. The van der Waals surface area contributed by atoms with E-state index in [0.717, 1.165) is 26.1 Å². The van der Waals surface area contributed by atoms with E-state index < -0.39 is 0 Å². The Morgan fingerprint density at radius 3 is 3.06 bits per heavy atom. The zero-order chi connectivity index (χ0) is 12.1. The summed E-state index contributed by atoms with van der Waals surface area (Å²) < 4.78 is 5.31. The average molecular weight is 241 g/mol. The minimum Gasteiger partial charge on any atom is -0.378 e. The average Bonchev–Trinajstić information content (AvgIpc) is 2.38. The first-order valence-electron chi connectivity index (χ1n) is 6.62. The molecule has 5 heteroatoms. The number of nitrogens with one attached hydrogen (secondary N) is 1. The molecule has 2 atom stereocenters. The number of carbonyl (C=O) groups is 1. The highest BCUT2D eigenvalue weighted by Gasteiger charge is 2.27. The largest absolute Gasteiger partial charge is 0.378 e. The maximum atomic E-state index is 11.3. The molecule has 0 aromatic carbocycles. The Hall–Kier alpha value is -0.650. The van der Waals surface area contributed by atoms with E-state index in [2.05, 4.69) is 10.2 Å². The molecule has 2 rings (SSSR count). The van der Waals surface area contributed by atoms with Crippen molar-refractivity contribution in [2.24, 2.45) is 5.73 Å². The predicted molar refractivity (Wildman–Crippen MR) is 65.6 cm³/mol. The van der Waals surface area contributed by atoms with Gasteiger partial charge in [-0.25, -0.2) is 0 Å². The number of nitrogens with two attached hydrogens (primary N) is 1. The summed E-state index contributed by atoms with van der Waals surface area (Å²) in [4.78, 5) is 13.5. The molecular formula is C12H23N3O2. The van der Waals surface area contributed by atoms with Crippen molar-refractivity contribution >= 4 is 5.91 Å². The quantitative estimate of drug-likeness (QED) is 0.709. The van der Waals surface area contributed by atoms with Gasteiger partial charge in [0.25, 0.3) is 0 Å². The Labute approximate surface area is 103 Å². The number of hydrogen-bond donors (Lipinski definition) is 2. The molecule has 2 unspecified atom stereocenters. The normalized spacial score (nSPS) is 31.3. The van der Waals surface area contributed by atoms with Crippen LogP contribution in [0.4, 0.5) is 0 Å². The molecule has 0 spiro atoms. The smallest absolute Gasteiger partial charge is 0.237 e. The van der Waals surface area contributed by atoms with E-state index in [1.165, 1.54) is 19.3 Å². The monoisotopic (exact) mass is 241 g/mol. The van der Waals surface area contributed by atoms with E-state index in [9.17, 15) is 4.79 Å². The Balaban J connectivity index is 1.77. The Morgan fingerprint density at radius 1 is 1.47 bits per heavy atom. The molecule has 5 nitrogen and oxygen atoms in total. The first-order chi connectivity index (χ1) is 8.27. The highest BCUT2D eigenvalue weighted by molar-refractivity contribution is 5.80. The van der Waals surface area contributed by atoms with Crippen LogP contribution in [-0.2, 0) is 9.53 Å². The van der Waals surface area contributed by atoms with Crippen LogP contribution in [0.3, 0.4) is 0 Å². The summed E-state index contributed by atoms with van der Waals surface area (Å²) in [5, 5.41) is 3.53. The predicted octanol–water partition coefficient (Wildman–Crippen LogP) is -0.295. The minimum absolute atomic E-state index is 0.229. The molecule has 2 aliphatic heterocycles. The van der Waals surface area contributed by atoms with Gasteiger partial charge in [-0.3, -0.25) is 9.69 Å². The van der Waals surface area contributed by atoms with Gasteiger partial charge in [-0.1, -0.05) is 6.42 Å². The summed E-state index contributed by atoms with van der Waals surface area (Å²) in [7, 11) is 0. The topological polar surface area (TPSA) is 67.6 Å². The third-order valence-electron chi connectivity index (χ3n) is 3.74. The third kappa shape index (κ3) is 3.66. The maximum absolute atomic E-state index is 11.3. The van der Waals surface area contributed by atoms with E-state index >= 15 is 0 Å². The Morgan fingerprint density at radius 2 is 2.35 bits per heavy atom. The van der Waals surface area contributed by atoms with E-state index in [-0.39, 0.29) is 11.9 Å². The van der Waals surface area contributed by atoms with Gasteiger partial charge in [-0.05, 0) is 25.8 Å². The number of ether oxygens (including phenoxy) is 1. The molecule has 3 N–H and O–H groups in total. The lowest BCUT2D eigenvalue weighted by molar-refractivity contribution is -0.129. The standard InChI is InChI=1S/C12H23N3O2/c13-12(16)11-9-17-8-7-15(11)6-4-10-3-1-2-5-14-10/h10-11,14H,1-9H2,(H2,13,16). The van der Waals surface area contributed by atoms with Crippen molar-refractivity contribution in [3.8, 4) is 0 Å². The summed E-state index contributed by atoms with van der Waals surface area (Å²) in [6.07, 6.45) is 4.97. The van der Waals surface area contributed by atoms with Gasteiger partial charge >= 0.3 is 0 Å². The molecule has 2 heterocycles. The van der Waals surface area contributed by atoms with Crippen LogP contribution in [0.2, 0.25) is 0 Å². The summed E-state index contributed by atoms with van der Waals surface area (Å²) in [6.45, 7) is 4.05. The zero-order valence-electron chi connectivity index (χ0n) is 10.4. The van der Waals surface area contributed by atoms with Crippen molar-refractivity contribution in [2.75, 3.05) is 32.8 Å².